The molecule has 1 atom stereocenters. The third kappa shape index (κ3) is 0.240. The predicted molar refractivity (Wildman–Crippen MR) is 25.1 cm³/mol. The fourth-order valence-electron chi connectivity index (χ4n) is 0.629. The van der Waals surface area contributed by atoms with Crippen LogP contribution in [0.5, 0.6) is 0 Å². The molecule has 1 aliphatic carbocycles. The average molecular weight is 86.1 g/mol. The van der Waals surface area contributed by atoms with Crippen molar-refractivity contribution in [3.8, 4) is 0 Å². The van der Waals surface area contributed by atoms with Crippen LogP contribution in [0.4, 0.5) is 0 Å². The maximum Gasteiger partial charge on any atom is -0.00839 e. The van der Waals surface area contributed by atoms with Gasteiger partial charge in [0.25, 0.3) is 0 Å². The average Bonchev–Trinajstić information content (AvgIpc) is 2.17. The second-order valence-corrected chi connectivity index (χ2v) is 3.90. The molecule has 2 aliphatic rings. The third-order valence-corrected chi connectivity index (χ3v) is 3.38. The molecule has 1 spiro atoms. The highest BCUT2D eigenvalue weighted by Crippen LogP contribution is 2.68. The van der Waals surface area contributed by atoms with Gasteiger partial charge in [0.05, 0.1) is 0 Å². The lowest BCUT2D eigenvalue weighted by molar-refractivity contribution is 1.20. The van der Waals surface area contributed by atoms with Gasteiger partial charge in [-0.3, -0.25) is 0 Å². The summed E-state index contributed by atoms with van der Waals surface area (Å²) < 4.78 is 0. The normalized spacial score (nSPS) is 43.2. The summed E-state index contributed by atoms with van der Waals surface area (Å²) in [6.07, 6.45) is 4.74. The molecular weight excluding hydrogens is 79.0 g/mol. The van der Waals surface area contributed by atoms with Crippen molar-refractivity contribution in [2.75, 3.05) is 6.16 Å². The molecule has 1 heterocycles. The van der Waals surface area contributed by atoms with Gasteiger partial charge in [0.2, 0.25) is 0 Å². The highest BCUT2D eigenvalue weighted by atomic mass is 31.1. The maximum absolute atomic E-state index is 1.59. The van der Waals surface area contributed by atoms with Gasteiger partial charge in [0.1, 0.15) is 0 Å². The van der Waals surface area contributed by atoms with Crippen molar-refractivity contribution in [2.24, 2.45) is 0 Å². The second-order valence-electron chi connectivity index (χ2n) is 2.13. The molecule has 0 aromatic carbocycles. The second kappa shape index (κ2) is 0.479. The highest BCUT2D eigenvalue weighted by molar-refractivity contribution is 7.49. The molecular formula is C4H7P. The molecule has 5 heavy (non-hydrogen) atoms. The van der Waals surface area contributed by atoms with Gasteiger partial charge >= 0.3 is 0 Å². The summed E-state index contributed by atoms with van der Waals surface area (Å²) in [5.74, 6) is 0. The van der Waals surface area contributed by atoms with E-state index in [9.17, 15) is 0 Å². The van der Waals surface area contributed by atoms with Crippen LogP contribution >= 0.6 is 8.58 Å². The summed E-state index contributed by atoms with van der Waals surface area (Å²) in [6.45, 7) is 0. The van der Waals surface area contributed by atoms with Crippen LogP contribution in [-0.2, 0) is 0 Å². The molecule has 0 aromatic heterocycles. The van der Waals surface area contributed by atoms with Gasteiger partial charge in [-0.15, -0.1) is 8.58 Å². The largest absolute Gasteiger partial charge is 0.114 e. The Bertz CT molecular complexity index is 46.5. The molecule has 1 unspecified atom stereocenters. The van der Waals surface area contributed by atoms with E-state index in [0.717, 1.165) is 5.16 Å². The van der Waals surface area contributed by atoms with E-state index in [2.05, 4.69) is 0 Å². The van der Waals surface area contributed by atoms with Gasteiger partial charge in [0.15, 0.2) is 0 Å². The summed E-state index contributed by atoms with van der Waals surface area (Å²) in [5, 5.41) is 1.03. The molecule has 0 aromatic rings. The van der Waals surface area contributed by atoms with Crippen LogP contribution in [0.3, 0.4) is 0 Å². The maximum atomic E-state index is 1.59. The van der Waals surface area contributed by atoms with Crippen LogP contribution < -0.4 is 0 Å². The molecule has 2 rings (SSSR count). The third-order valence-electron chi connectivity index (χ3n) is 1.53. The Balaban J connectivity index is 2.30. The minimum atomic E-state index is 1.03. The lowest BCUT2D eigenvalue weighted by Crippen LogP contribution is -1.66. The fraction of sp³-hybridized carbons (Fsp3) is 1.00. The number of hydrogen-bond donors (Lipinski definition) is 0. The fourth-order valence-corrected chi connectivity index (χ4v) is 1.71. The summed E-state index contributed by atoms with van der Waals surface area (Å²) in [4.78, 5) is 0. The van der Waals surface area contributed by atoms with Crippen LogP contribution in [-0.4, -0.2) is 11.3 Å². The van der Waals surface area contributed by atoms with Gasteiger partial charge in [-0.05, 0) is 24.2 Å². The topological polar surface area (TPSA) is 0 Å². The van der Waals surface area contributed by atoms with Gasteiger partial charge in [0, 0.05) is 0 Å². The molecule has 28 valence electrons. The molecule has 0 amide bonds. The van der Waals surface area contributed by atoms with Crippen molar-refractivity contribution in [3.63, 3.8) is 0 Å². The summed E-state index contributed by atoms with van der Waals surface area (Å²) in [7, 11) is 1.37. The van der Waals surface area contributed by atoms with Crippen molar-refractivity contribution < 1.29 is 0 Å². The molecule has 1 heteroatoms. The van der Waals surface area contributed by atoms with E-state index in [1.807, 2.05) is 0 Å². The Kier molecular flexibility index (Phi) is 0.247. The summed E-state index contributed by atoms with van der Waals surface area (Å²) >= 11 is 0. The first-order valence-electron chi connectivity index (χ1n) is 2.16. The zero-order chi connectivity index (χ0) is 3.33. The Morgan fingerprint density at radius 2 is 2.00 bits per heavy atom. The lowest BCUT2D eigenvalue weighted by Gasteiger charge is -1.59. The number of rotatable bonds is 0. The molecule has 0 N–H and O–H groups in total. The first-order chi connectivity index (χ1) is 2.41. The van der Waals surface area contributed by atoms with E-state index in [4.69, 9.17) is 0 Å². The van der Waals surface area contributed by atoms with Crippen molar-refractivity contribution >= 4 is 8.58 Å². The molecule has 0 bridgehead atoms. The zero-order valence-electron chi connectivity index (χ0n) is 3.12. The van der Waals surface area contributed by atoms with Crippen LogP contribution in [0, 0.1) is 0 Å². The van der Waals surface area contributed by atoms with Gasteiger partial charge in [-0.25, -0.2) is 0 Å². The van der Waals surface area contributed by atoms with Crippen molar-refractivity contribution in [1.82, 2.24) is 0 Å². The molecule has 1 aliphatic heterocycles. The summed E-state index contributed by atoms with van der Waals surface area (Å²) in [6, 6.07) is 0. The van der Waals surface area contributed by atoms with Crippen molar-refractivity contribution in [3.05, 3.63) is 0 Å². The van der Waals surface area contributed by atoms with Crippen LogP contribution in [0.2, 0.25) is 0 Å². The first-order valence-corrected chi connectivity index (χ1v) is 3.37. The van der Waals surface area contributed by atoms with Gasteiger partial charge in [-0.2, -0.15) is 0 Å². The van der Waals surface area contributed by atoms with Gasteiger partial charge in [-0.1, -0.05) is 0 Å². The minimum absolute atomic E-state index is 1.03. The van der Waals surface area contributed by atoms with E-state index in [1.54, 1.807) is 19.0 Å². The molecule has 0 nitrogen and oxygen atoms in total. The predicted octanol–water partition coefficient (Wildman–Crippen LogP) is 1.21. The van der Waals surface area contributed by atoms with E-state index in [0.29, 0.717) is 0 Å². The Hall–Kier alpha value is 0.430. The molecule has 2 fully saturated rings. The van der Waals surface area contributed by atoms with E-state index in [-0.39, 0.29) is 0 Å². The van der Waals surface area contributed by atoms with Gasteiger partial charge < -0.3 is 0 Å². The van der Waals surface area contributed by atoms with Crippen molar-refractivity contribution in [2.45, 2.75) is 18.0 Å². The molecule has 1 saturated carbocycles. The highest BCUT2D eigenvalue weighted by Gasteiger charge is 2.53. The first kappa shape index (κ1) is 2.58. The molecule has 1 saturated heterocycles. The zero-order valence-corrected chi connectivity index (χ0v) is 4.12. The molecule has 0 radical (unpaired) electrons. The monoisotopic (exact) mass is 86.0 g/mol. The van der Waals surface area contributed by atoms with E-state index in [1.165, 1.54) is 8.58 Å². The van der Waals surface area contributed by atoms with E-state index >= 15 is 0 Å². The Morgan fingerprint density at radius 1 is 1.40 bits per heavy atom. The quantitative estimate of drug-likeness (QED) is 0.389. The SMILES string of the molecule is C1CC12CP2. The van der Waals surface area contributed by atoms with E-state index < -0.39 is 0 Å². The number of hydrogen-bond acceptors (Lipinski definition) is 0. The van der Waals surface area contributed by atoms with Crippen LogP contribution in [0.1, 0.15) is 12.8 Å². The minimum Gasteiger partial charge on any atom is -0.114 e. The Labute approximate surface area is 33.7 Å². The smallest absolute Gasteiger partial charge is 0.00839 e. The van der Waals surface area contributed by atoms with Crippen LogP contribution in [0.15, 0.2) is 0 Å². The van der Waals surface area contributed by atoms with Crippen molar-refractivity contribution in [1.29, 1.82) is 0 Å². The van der Waals surface area contributed by atoms with Crippen LogP contribution in [0.25, 0.3) is 0 Å². The summed E-state index contributed by atoms with van der Waals surface area (Å²) in [5.41, 5.74) is 0. The lowest BCUT2D eigenvalue weighted by atomic mass is 10.5. The standard InChI is InChI=1S/C4H7P/c1-2-4(1)3-5-4/h5H,1-3H2. The Morgan fingerprint density at radius 3 is 2.00 bits per heavy atom.